The fourth-order valence-electron chi connectivity index (χ4n) is 5.54. The third-order valence-electron chi connectivity index (χ3n) is 7.70. The monoisotopic (exact) mass is 608 g/mol. The number of hydrogen-bond acceptors (Lipinski definition) is 7. The first kappa shape index (κ1) is 28.3. The molecular weight excluding hydrogens is 577 g/mol. The molecule has 2 atom stereocenters. The minimum Gasteiger partial charge on any atom is -0.376 e. The topological polar surface area (TPSA) is 84.7 Å². The molecule has 0 N–H and O–H groups in total. The van der Waals surface area contributed by atoms with Gasteiger partial charge >= 0.3 is 0 Å². The molecule has 2 unspecified atom stereocenters. The Bertz CT molecular complexity index is 1600. The Morgan fingerprint density at radius 3 is 2.71 bits per heavy atom. The molecule has 3 fully saturated rings. The van der Waals surface area contributed by atoms with E-state index in [0.717, 1.165) is 31.4 Å². The maximum Gasteiger partial charge on any atom is 0.266 e. The Morgan fingerprint density at radius 1 is 1.12 bits per heavy atom. The third-order valence-corrected chi connectivity index (χ3v) is 10.9. The fraction of sp³-hybridized carbons (Fsp3) is 0.367. The molecule has 3 aliphatic rings. The summed E-state index contributed by atoms with van der Waals surface area (Å²) in [5.41, 5.74) is 2.80. The number of hydrogen-bond donors (Lipinski definition) is 0. The lowest BCUT2D eigenvalue weighted by Gasteiger charge is -2.30. The van der Waals surface area contributed by atoms with Gasteiger partial charge < -0.3 is 4.74 Å². The van der Waals surface area contributed by atoms with Crippen molar-refractivity contribution in [3.63, 3.8) is 0 Å². The number of thiocarbonyl (C=S) groups is 1. The summed E-state index contributed by atoms with van der Waals surface area (Å²) in [5.74, 6) is 0.179. The van der Waals surface area contributed by atoms with Gasteiger partial charge in [-0.25, -0.2) is 13.1 Å². The van der Waals surface area contributed by atoms with Crippen molar-refractivity contribution in [3.05, 3.63) is 71.3 Å². The van der Waals surface area contributed by atoms with Gasteiger partial charge in [-0.3, -0.25) is 9.69 Å². The van der Waals surface area contributed by atoms with Crippen LogP contribution in [0.15, 0.2) is 70.6 Å². The number of aromatic nitrogens is 2. The number of benzene rings is 2. The minimum atomic E-state index is -3.65. The number of piperidine rings is 1. The molecule has 0 radical (unpaired) electrons. The zero-order chi connectivity index (χ0) is 28.6. The quantitative estimate of drug-likeness (QED) is 0.265. The molecule has 0 saturated carbocycles. The van der Waals surface area contributed by atoms with Crippen molar-refractivity contribution in [3.8, 4) is 16.9 Å². The van der Waals surface area contributed by atoms with Crippen LogP contribution in [0.2, 0.25) is 0 Å². The number of rotatable bonds is 7. The lowest BCUT2D eigenvalue weighted by molar-refractivity contribution is -0.123. The van der Waals surface area contributed by atoms with Crippen LogP contribution in [-0.4, -0.2) is 70.0 Å². The van der Waals surface area contributed by atoms with Gasteiger partial charge in [-0.05, 0) is 61.9 Å². The highest BCUT2D eigenvalue weighted by Gasteiger charge is 2.35. The highest BCUT2D eigenvalue weighted by molar-refractivity contribution is 8.26. The number of carbonyl (C=O) groups excluding carboxylic acids is 1. The van der Waals surface area contributed by atoms with Crippen molar-refractivity contribution in [2.24, 2.45) is 5.92 Å². The van der Waals surface area contributed by atoms with Gasteiger partial charge in [0.15, 0.2) is 0 Å². The number of amides is 1. The summed E-state index contributed by atoms with van der Waals surface area (Å²) in [5, 5.41) is 4.86. The largest absolute Gasteiger partial charge is 0.376 e. The molecule has 214 valence electrons. The van der Waals surface area contributed by atoms with Crippen molar-refractivity contribution < 1.29 is 17.9 Å². The van der Waals surface area contributed by atoms with Gasteiger partial charge in [-0.1, -0.05) is 61.2 Å². The van der Waals surface area contributed by atoms with Crippen LogP contribution in [0.25, 0.3) is 23.0 Å². The van der Waals surface area contributed by atoms with E-state index in [4.69, 9.17) is 22.1 Å². The van der Waals surface area contributed by atoms with E-state index in [1.54, 1.807) is 32.1 Å². The van der Waals surface area contributed by atoms with Gasteiger partial charge in [-0.2, -0.15) is 9.40 Å². The highest BCUT2D eigenvalue weighted by atomic mass is 32.2. The van der Waals surface area contributed by atoms with Gasteiger partial charge in [-0.15, -0.1) is 0 Å². The Hall–Kier alpha value is -2.83. The van der Waals surface area contributed by atoms with Crippen LogP contribution in [0, 0.1) is 5.92 Å². The molecule has 6 rings (SSSR count). The summed E-state index contributed by atoms with van der Waals surface area (Å²) >= 11 is 6.83. The van der Waals surface area contributed by atoms with Gasteiger partial charge in [0.2, 0.25) is 10.0 Å². The summed E-state index contributed by atoms with van der Waals surface area (Å²) in [6.07, 6.45) is 7.47. The summed E-state index contributed by atoms with van der Waals surface area (Å²) in [6, 6.07) is 16.6. The lowest BCUT2D eigenvalue weighted by atomic mass is 10.0. The van der Waals surface area contributed by atoms with E-state index in [-0.39, 0.29) is 16.9 Å². The average Bonchev–Trinajstić information content (AvgIpc) is 3.71. The normalized spacial score (nSPS) is 23.1. The van der Waals surface area contributed by atoms with Crippen LogP contribution >= 0.6 is 24.0 Å². The molecule has 2 aromatic carbocycles. The summed E-state index contributed by atoms with van der Waals surface area (Å²) in [4.78, 5) is 15.8. The smallest absolute Gasteiger partial charge is 0.266 e. The van der Waals surface area contributed by atoms with Crippen LogP contribution in [0.5, 0.6) is 0 Å². The second kappa shape index (κ2) is 11.8. The van der Waals surface area contributed by atoms with Crippen LogP contribution in [0.3, 0.4) is 0 Å². The van der Waals surface area contributed by atoms with Gasteiger partial charge in [0, 0.05) is 37.0 Å². The predicted molar refractivity (Wildman–Crippen MR) is 165 cm³/mol. The molecule has 3 saturated heterocycles. The van der Waals surface area contributed by atoms with E-state index in [0.29, 0.717) is 58.2 Å². The summed E-state index contributed by atoms with van der Waals surface area (Å²) in [6.45, 7) is 4.30. The molecule has 0 aliphatic carbocycles. The van der Waals surface area contributed by atoms with E-state index >= 15 is 0 Å². The SMILES string of the molecule is CC1CCCN(S(=O)(=O)c2cccc(-c3nn(-c4ccccc4)cc3C=C3SC(=S)N(CC4CCCO4)C3=O)c2)C1. The van der Waals surface area contributed by atoms with Crippen molar-refractivity contribution in [2.45, 2.75) is 43.6 Å². The summed E-state index contributed by atoms with van der Waals surface area (Å²) in [7, 11) is -3.65. The highest BCUT2D eigenvalue weighted by Crippen LogP contribution is 2.36. The zero-order valence-electron chi connectivity index (χ0n) is 22.8. The Labute approximate surface area is 250 Å². The first-order chi connectivity index (χ1) is 19.8. The zero-order valence-corrected chi connectivity index (χ0v) is 25.3. The Balaban J connectivity index is 1.37. The standard InChI is InChI=1S/C30H32N4O4S3/c1-21-8-6-14-32(18-21)41(36,37)26-13-5-9-22(16-26)28-23(19-34(31-28)24-10-3-2-4-11-24)17-27-29(35)33(30(39)40-27)20-25-12-7-15-38-25/h2-5,9-11,13,16-17,19,21,25H,6-8,12,14-15,18,20H2,1H3. The number of sulfonamides is 1. The van der Waals surface area contributed by atoms with Crippen LogP contribution < -0.4 is 0 Å². The van der Waals surface area contributed by atoms with E-state index in [1.807, 2.05) is 48.7 Å². The van der Waals surface area contributed by atoms with E-state index < -0.39 is 10.0 Å². The first-order valence-corrected chi connectivity index (χ1v) is 16.6. The minimum absolute atomic E-state index is 0.000761. The van der Waals surface area contributed by atoms with Crippen molar-refractivity contribution in [1.82, 2.24) is 19.0 Å². The number of nitrogens with zero attached hydrogens (tertiary/aromatic N) is 4. The lowest BCUT2D eigenvalue weighted by Crippen LogP contribution is -2.39. The van der Waals surface area contributed by atoms with Gasteiger partial charge in [0.05, 0.1) is 28.1 Å². The number of ether oxygens (including phenoxy) is 1. The van der Waals surface area contributed by atoms with Crippen molar-refractivity contribution in [1.29, 1.82) is 0 Å². The second-order valence-electron chi connectivity index (χ2n) is 10.8. The van der Waals surface area contributed by atoms with Crippen LogP contribution in [0.1, 0.15) is 38.2 Å². The number of para-hydroxylation sites is 1. The molecule has 3 aromatic rings. The molecule has 4 heterocycles. The molecule has 8 nitrogen and oxygen atoms in total. The van der Waals surface area contributed by atoms with Gasteiger partial charge in [0.25, 0.3) is 5.91 Å². The molecule has 0 bridgehead atoms. The average molecular weight is 609 g/mol. The molecule has 1 amide bonds. The molecule has 41 heavy (non-hydrogen) atoms. The maximum atomic E-state index is 13.6. The Kier molecular flexibility index (Phi) is 8.15. The fourth-order valence-corrected chi connectivity index (χ4v) is 8.45. The van der Waals surface area contributed by atoms with Gasteiger partial charge in [0.1, 0.15) is 10.0 Å². The third kappa shape index (κ3) is 5.91. The predicted octanol–water partition coefficient (Wildman–Crippen LogP) is 5.34. The maximum absolute atomic E-state index is 13.6. The van der Waals surface area contributed by atoms with E-state index in [9.17, 15) is 13.2 Å². The second-order valence-corrected chi connectivity index (χ2v) is 14.4. The molecule has 0 spiro atoms. The van der Waals surface area contributed by atoms with E-state index in [2.05, 4.69) is 6.92 Å². The summed E-state index contributed by atoms with van der Waals surface area (Å²) < 4.78 is 36.7. The number of thioether (sulfide) groups is 1. The molecule has 3 aliphatic heterocycles. The molecule has 11 heteroatoms. The van der Waals surface area contributed by atoms with Crippen molar-refractivity contribution >= 4 is 50.3 Å². The Morgan fingerprint density at radius 2 is 1.95 bits per heavy atom. The van der Waals surface area contributed by atoms with Crippen LogP contribution in [-0.2, 0) is 19.6 Å². The van der Waals surface area contributed by atoms with Crippen LogP contribution in [0.4, 0.5) is 0 Å². The van der Waals surface area contributed by atoms with E-state index in [1.165, 1.54) is 11.8 Å². The first-order valence-electron chi connectivity index (χ1n) is 13.9. The molecular formula is C30H32N4O4S3. The molecule has 1 aromatic heterocycles. The van der Waals surface area contributed by atoms with Crippen molar-refractivity contribution in [2.75, 3.05) is 26.2 Å². The number of carbonyl (C=O) groups is 1.